The summed E-state index contributed by atoms with van der Waals surface area (Å²) < 4.78 is 5.26. The first-order valence-electron chi connectivity index (χ1n) is 6.97. The Morgan fingerprint density at radius 2 is 1.90 bits per heavy atom. The van der Waals surface area contributed by atoms with E-state index in [4.69, 9.17) is 9.84 Å². The first kappa shape index (κ1) is 15.1. The van der Waals surface area contributed by atoms with Crippen LogP contribution in [0.4, 0.5) is 4.79 Å². The fourth-order valence-corrected chi connectivity index (χ4v) is 2.72. The maximum Gasteiger partial charge on any atom is 0.329 e. The van der Waals surface area contributed by atoms with E-state index >= 15 is 0 Å². The van der Waals surface area contributed by atoms with Crippen LogP contribution in [0.5, 0.6) is 0 Å². The number of carboxylic acids is 1. The van der Waals surface area contributed by atoms with Crippen molar-refractivity contribution in [3.05, 3.63) is 0 Å². The molecule has 1 saturated heterocycles. The van der Waals surface area contributed by atoms with Gasteiger partial charge in [0.2, 0.25) is 0 Å². The third-order valence-corrected chi connectivity index (χ3v) is 3.91. The maximum absolute atomic E-state index is 12.0. The number of nitrogens with one attached hydrogen (secondary N) is 1. The molecule has 0 unspecified atom stereocenters. The fraction of sp³-hybridized carbons (Fsp3) is 0.846. The van der Waals surface area contributed by atoms with Gasteiger partial charge in [0.1, 0.15) is 12.2 Å². The van der Waals surface area contributed by atoms with Gasteiger partial charge in [-0.2, -0.15) is 0 Å². The number of aliphatic carboxylic acids is 1. The molecule has 1 aliphatic carbocycles. The number of hydrogen-bond acceptors (Lipinski definition) is 4. The van der Waals surface area contributed by atoms with Crippen LogP contribution in [-0.4, -0.2) is 64.6 Å². The minimum Gasteiger partial charge on any atom is -0.480 e. The van der Waals surface area contributed by atoms with Crippen LogP contribution >= 0.6 is 0 Å². The first-order chi connectivity index (χ1) is 9.38. The standard InChI is InChI=1S/C13H22N2O5/c1-13(20-6-11(17)18)7-15(8-13)12(19)14-9-2-4-10(16)5-3-9/h9-10,16H,2-8H2,1H3,(H,14,19)(H,17,18). The largest absolute Gasteiger partial charge is 0.480 e. The van der Waals surface area contributed by atoms with Crippen LogP contribution in [0.1, 0.15) is 32.6 Å². The van der Waals surface area contributed by atoms with Crippen molar-refractivity contribution < 1.29 is 24.5 Å². The zero-order chi connectivity index (χ0) is 14.8. The van der Waals surface area contributed by atoms with Gasteiger partial charge in [0.25, 0.3) is 0 Å². The molecule has 0 aromatic heterocycles. The van der Waals surface area contributed by atoms with Crippen LogP contribution in [0.15, 0.2) is 0 Å². The summed E-state index contributed by atoms with van der Waals surface area (Å²) in [5, 5.41) is 20.9. The Labute approximate surface area is 117 Å². The molecule has 0 aromatic rings. The van der Waals surface area contributed by atoms with Crippen molar-refractivity contribution in [2.45, 2.75) is 50.4 Å². The second-order valence-electron chi connectivity index (χ2n) is 5.94. The summed E-state index contributed by atoms with van der Waals surface area (Å²) in [5.41, 5.74) is -0.557. The molecule has 7 nitrogen and oxygen atoms in total. The van der Waals surface area contributed by atoms with Gasteiger partial charge in [-0.05, 0) is 32.6 Å². The van der Waals surface area contributed by atoms with Gasteiger partial charge in [0, 0.05) is 6.04 Å². The molecule has 1 heterocycles. The lowest BCUT2D eigenvalue weighted by Crippen LogP contribution is -2.66. The minimum absolute atomic E-state index is 0.123. The summed E-state index contributed by atoms with van der Waals surface area (Å²) in [6.45, 7) is 2.27. The van der Waals surface area contributed by atoms with Crippen LogP contribution in [-0.2, 0) is 9.53 Å². The van der Waals surface area contributed by atoms with Crippen molar-refractivity contribution in [3.8, 4) is 0 Å². The van der Waals surface area contributed by atoms with Crippen LogP contribution in [0.2, 0.25) is 0 Å². The third-order valence-electron chi connectivity index (χ3n) is 3.91. The monoisotopic (exact) mass is 286 g/mol. The van der Waals surface area contributed by atoms with Crippen molar-refractivity contribution >= 4 is 12.0 Å². The lowest BCUT2D eigenvalue weighted by atomic mass is 9.93. The Morgan fingerprint density at radius 1 is 1.30 bits per heavy atom. The Bertz CT molecular complexity index is 373. The van der Waals surface area contributed by atoms with Crippen molar-refractivity contribution in [2.75, 3.05) is 19.7 Å². The number of carboxylic acid groups (broad SMARTS) is 1. The van der Waals surface area contributed by atoms with E-state index < -0.39 is 11.6 Å². The lowest BCUT2D eigenvalue weighted by Gasteiger charge is -2.47. The number of aliphatic hydroxyl groups excluding tert-OH is 1. The summed E-state index contributed by atoms with van der Waals surface area (Å²) in [7, 11) is 0. The normalized spacial score (nSPS) is 28.6. The molecule has 0 atom stereocenters. The number of carbonyl (C=O) groups excluding carboxylic acids is 1. The van der Waals surface area contributed by atoms with Crippen molar-refractivity contribution in [1.82, 2.24) is 10.2 Å². The molecule has 0 bridgehead atoms. The van der Waals surface area contributed by atoms with E-state index in [9.17, 15) is 14.7 Å². The van der Waals surface area contributed by atoms with E-state index in [2.05, 4.69) is 5.32 Å². The Hall–Kier alpha value is -1.34. The molecule has 2 fully saturated rings. The van der Waals surface area contributed by atoms with Crippen molar-refractivity contribution in [2.24, 2.45) is 0 Å². The predicted octanol–water partition coefficient (Wildman–Crippen LogP) is 0.175. The van der Waals surface area contributed by atoms with Gasteiger partial charge < -0.3 is 25.2 Å². The quantitative estimate of drug-likeness (QED) is 0.684. The number of urea groups is 1. The Morgan fingerprint density at radius 3 is 2.45 bits per heavy atom. The first-order valence-corrected chi connectivity index (χ1v) is 6.97. The van der Waals surface area contributed by atoms with Crippen LogP contribution < -0.4 is 5.32 Å². The number of rotatable bonds is 4. The van der Waals surface area contributed by atoms with Crippen LogP contribution in [0, 0.1) is 0 Å². The summed E-state index contributed by atoms with van der Waals surface area (Å²) in [6.07, 6.45) is 2.82. The minimum atomic E-state index is -1.00. The number of amides is 2. The third kappa shape index (κ3) is 3.83. The summed E-state index contributed by atoms with van der Waals surface area (Å²) in [4.78, 5) is 24.1. The highest BCUT2D eigenvalue weighted by Gasteiger charge is 2.43. The predicted molar refractivity (Wildman–Crippen MR) is 70.4 cm³/mol. The van der Waals surface area contributed by atoms with Gasteiger partial charge in [0.15, 0.2) is 0 Å². The molecule has 1 aliphatic heterocycles. The molecular weight excluding hydrogens is 264 g/mol. The average molecular weight is 286 g/mol. The Balaban J connectivity index is 1.69. The van der Waals surface area contributed by atoms with E-state index in [1.54, 1.807) is 11.8 Å². The average Bonchev–Trinajstić information content (AvgIpc) is 2.35. The van der Waals surface area contributed by atoms with Crippen LogP contribution in [0.25, 0.3) is 0 Å². The van der Waals surface area contributed by atoms with Crippen molar-refractivity contribution in [1.29, 1.82) is 0 Å². The molecule has 2 amide bonds. The molecule has 114 valence electrons. The highest BCUT2D eigenvalue weighted by molar-refractivity contribution is 5.76. The number of carbonyl (C=O) groups is 2. The second kappa shape index (κ2) is 5.97. The van der Waals surface area contributed by atoms with E-state index in [0.29, 0.717) is 13.1 Å². The fourth-order valence-electron chi connectivity index (χ4n) is 2.72. The van der Waals surface area contributed by atoms with Gasteiger partial charge in [-0.25, -0.2) is 9.59 Å². The molecule has 1 saturated carbocycles. The van der Waals surface area contributed by atoms with Gasteiger partial charge in [-0.3, -0.25) is 0 Å². The van der Waals surface area contributed by atoms with Gasteiger partial charge in [-0.1, -0.05) is 0 Å². The smallest absolute Gasteiger partial charge is 0.329 e. The van der Waals surface area contributed by atoms with Crippen LogP contribution in [0.3, 0.4) is 0 Å². The molecule has 20 heavy (non-hydrogen) atoms. The molecular formula is C13H22N2O5. The number of likely N-dealkylation sites (tertiary alicyclic amines) is 1. The second-order valence-corrected chi connectivity index (χ2v) is 5.94. The molecule has 3 N–H and O–H groups in total. The topological polar surface area (TPSA) is 99.1 Å². The van der Waals surface area contributed by atoms with Crippen molar-refractivity contribution in [3.63, 3.8) is 0 Å². The SMILES string of the molecule is CC1(OCC(=O)O)CN(C(=O)NC2CCC(O)CC2)C1. The zero-order valence-electron chi connectivity index (χ0n) is 11.7. The Kier molecular flexibility index (Phi) is 4.49. The van der Waals surface area contributed by atoms with Gasteiger partial charge in [0.05, 0.1) is 19.2 Å². The molecule has 2 rings (SSSR count). The van der Waals surface area contributed by atoms with Gasteiger partial charge >= 0.3 is 12.0 Å². The highest BCUT2D eigenvalue weighted by atomic mass is 16.5. The summed E-state index contributed by atoms with van der Waals surface area (Å²) >= 11 is 0. The summed E-state index contributed by atoms with van der Waals surface area (Å²) in [5.74, 6) is -1.00. The van der Waals surface area contributed by atoms with Gasteiger partial charge in [-0.15, -0.1) is 0 Å². The molecule has 2 aliphatic rings. The molecule has 0 aromatic carbocycles. The highest BCUT2D eigenvalue weighted by Crippen LogP contribution is 2.25. The zero-order valence-corrected chi connectivity index (χ0v) is 11.7. The number of nitrogens with zero attached hydrogens (tertiary/aromatic N) is 1. The van der Waals surface area contributed by atoms with E-state index in [0.717, 1.165) is 25.7 Å². The molecule has 0 spiro atoms. The molecule has 7 heteroatoms. The summed E-state index contributed by atoms with van der Waals surface area (Å²) in [6, 6.07) is -0.0134. The number of ether oxygens (including phenoxy) is 1. The maximum atomic E-state index is 12.0. The van der Waals surface area contributed by atoms with E-state index in [-0.39, 0.29) is 24.8 Å². The van der Waals surface area contributed by atoms with E-state index in [1.165, 1.54) is 0 Å². The lowest BCUT2D eigenvalue weighted by molar-refractivity contribution is -0.159. The van der Waals surface area contributed by atoms with E-state index in [1.807, 2.05) is 0 Å². The molecule has 0 radical (unpaired) electrons. The number of hydrogen-bond donors (Lipinski definition) is 3. The number of aliphatic hydroxyl groups is 1.